The molecular formula is C9H19NS3. The second-order valence-corrected chi connectivity index (χ2v) is 5.61. The van der Waals surface area contributed by atoms with Gasteiger partial charge >= 0.3 is 0 Å². The van der Waals surface area contributed by atoms with Crippen LogP contribution in [0.5, 0.6) is 0 Å². The number of rotatable bonds is 6. The molecule has 0 aromatic heterocycles. The van der Waals surface area contributed by atoms with Crippen molar-refractivity contribution in [3.05, 3.63) is 0 Å². The molecule has 0 spiro atoms. The molecule has 0 amide bonds. The largest absolute Gasteiger partial charge is 0.358 e. The Hall–Kier alpha value is 0.590. The molecule has 0 aromatic carbocycles. The molecule has 1 nitrogen and oxygen atoms in total. The summed E-state index contributed by atoms with van der Waals surface area (Å²) >= 11 is 9.09. The van der Waals surface area contributed by atoms with Crippen LogP contribution in [0.1, 0.15) is 20.8 Å². The number of hydrogen-bond acceptors (Lipinski definition) is 3. The van der Waals surface area contributed by atoms with Gasteiger partial charge in [-0.2, -0.15) is 11.8 Å². The first-order chi connectivity index (χ1) is 6.26. The van der Waals surface area contributed by atoms with Gasteiger partial charge in [-0.3, -0.25) is 0 Å². The monoisotopic (exact) mass is 237 g/mol. The molecule has 0 saturated heterocycles. The van der Waals surface area contributed by atoms with Gasteiger partial charge in [0.25, 0.3) is 0 Å². The highest BCUT2D eigenvalue weighted by atomic mass is 32.2. The topological polar surface area (TPSA) is 3.24 Å². The fourth-order valence-corrected chi connectivity index (χ4v) is 3.12. The van der Waals surface area contributed by atoms with Crippen molar-refractivity contribution in [2.75, 3.05) is 30.3 Å². The Morgan fingerprint density at radius 3 is 2.23 bits per heavy atom. The van der Waals surface area contributed by atoms with Gasteiger partial charge in [-0.15, -0.1) is 0 Å². The van der Waals surface area contributed by atoms with E-state index in [1.165, 1.54) is 11.5 Å². The van der Waals surface area contributed by atoms with Crippen LogP contribution < -0.4 is 0 Å². The average Bonchev–Trinajstić information content (AvgIpc) is 2.14. The lowest BCUT2D eigenvalue weighted by Crippen LogP contribution is -2.26. The lowest BCUT2D eigenvalue weighted by atomic mass is 10.6. The Kier molecular flexibility index (Phi) is 9.57. The van der Waals surface area contributed by atoms with Gasteiger partial charge < -0.3 is 4.90 Å². The first-order valence-corrected chi connectivity index (χ1v) is 7.30. The lowest BCUT2D eigenvalue weighted by Gasteiger charge is -2.20. The van der Waals surface area contributed by atoms with Gasteiger partial charge in [0.1, 0.15) is 4.32 Å². The summed E-state index contributed by atoms with van der Waals surface area (Å²) in [4.78, 5) is 2.23. The van der Waals surface area contributed by atoms with Gasteiger partial charge in [0.2, 0.25) is 0 Å². The van der Waals surface area contributed by atoms with Crippen molar-refractivity contribution < 1.29 is 0 Å². The Labute approximate surface area is 96.0 Å². The van der Waals surface area contributed by atoms with Crippen molar-refractivity contribution in [1.82, 2.24) is 4.90 Å². The van der Waals surface area contributed by atoms with Crippen molar-refractivity contribution in [2.24, 2.45) is 0 Å². The lowest BCUT2D eigenvalue weighted by molar-refractivity contribution is 0.482. The molecule has 0 fully saturated rings. The summed E-state index contributed by atoms with van der Waals surface area (Å²) in [5.74, 6) is 3.56. The molecular weight excluding hydrogens is 218 g/mol. The van der Waals surface area contributed by atoms with E-state index in [9.17, 15) is 0 Å². The SMILES string of the molecule is CCSCCSC(=S)N(CC)CC. The van der Waals surface area contributed by atoms with Gasteiger partial charge in [-0.1, -0.05) is 30.9 Å². The highest BCUT2D eigenvalue weighted by Gasteiger charge is 2.04. The van der Waals surface area contributed by atoms with Gasteiger partial charge in [0, 0.05) is 24.6 Å². The minimum Gasteiger partial charge on any atom is -0.358 e. The van der Waals surface area contributed by atoms with E-state index in [-0.39, 0.29) is 0 Å². The van der Waals surface area contributed by atoms with E-state index >= 15 is 0 Å². The van der Waals surface area contributed by atoms with Gasteiger partial charge in [0.15, 0.2) is 0 Å². The zero-order chi connectivity index (χ0) is 10.1. The van der Waals surface area contributed by atoms with Crippen LogP contribution in [-0.4, -0.2) is 39.6 Å². The molecule has 13 heavy (non-hydrogen) atoms. The quantitative estimate of drug-likeness (QED) is 0.515. The Morgan fingerprint density at radius 1 is 1.15 bits per heavy atom. The van der Waals surface area contributed by atoms with Crippen LogP contribution in [0.2, 0.25) is 0 Å². The van der Waals surface area contributed by atoms with Crippen LogP contribution >= 0.6 is 35.7 Å². The Morgan fingerprint density at radius 2 is 1.77 bits per heavy atom. The van der Waals surface area contributed by atoms with Crippen molar-refractivity contribution in [2.45, 2.75) is 20.8 Å². The predicted octanol–water partition coefficient (Wildman–Crippen LogP) is 3.10. The van der Waals surface area contributed by atoms with Crippen LogP contribution in [0.15, 0.2) is 0 Å². The number of thioether (sulfide) groups is 2. The zero-order valence-electron chi connectivity index (χ0n) is 8.71. The molecule has 0 unspecified atom stereocenters. The van der Waals surface area contributed by atoms with E-state index < -0.39 is 0 Å². The molecule has 0 saturated carbocycles. The molecule has 0 aromatic rings. The normalized spacial score (nSPS) is 10.1. The predicted molar refractivity (Wildman–Crippen MR) is 71.0 cm³/mol. The van der Waals surface area contributed by atoms with E-state index in [0.29, 0.717) is 0 Å². The fraction of sp³-hybridized carbons (Fsp3) is 0.889. The minimum absolute atomic E-state index is 1.03. The standard InChI is InChI=1S/C9H19NS3/c1-4-10(5-2)9(11)13-8-7-12-6-3/h4-8H2,1-3H3. The van der Waals surface area contributed by atoms with Gasteiger partial charge in [0.05, 0.1) is 0 Å². The van der Waals surface area contributed by atoms with E-state index in [4.69, 9.17) is 12.2 Å². The third-order valence-electron chi connectivity index (χ3n) is 1.68. The molecule has 0 aliphatic heterocycles. The third kappa shape index (κ3) is 6.63. The second-order valence-electron chi connectivity index (χ2n) is 2.48. The van der Waals surface area contributed by atoms with Crippen molar-refractivity contribution in [3.63, 3.8) is 0 Å². The van der Waals surface area contributed by atoms with Crippen LogP contribution in [0.3, 0.4) is 0 Å². The summed E-state index contributed by atoms with van der Waals surface area (Å²) in [6.07, 6.45) is 0. The summed E-state index contributed by atoms with van der Waals surface area (Å²) in [6, 6.07) is 0. The van der Waals surface area contributed by atoms with Crippen LogP contribution in [0.25, 0.3) is 0 Å². The third-order valence-corrected chi connectivity index (χ3v) is 4.36. The first kappa shape index (κ1) is 13.6. The van der Waals surface area contributed by atoms with Crippen LogP contribution in [-0.2, 0) is 0 Å². The summed E-state index contributed by atoms with van der Waals surface area (Å²) in [5, 5.41) is 0. The number of thiocarbonyl (C=S) groups is 1. The molecule has 0 N–H and O–H groups in total. The Bertz CT molecular complexity index is 135. The highest BCUT2D eigenvalue weighted by molar-refractivity contribution is 8.23. The van der Waals surface area contributed by atoms with Gasteiger partial charge in [-0.25, -0.2) is 0 Å². The summed E-state index contributed by atoms with van der Waals surface area (Å²) in [6.45, 7) is 8.55. The zero-order valence-corrected chi connectivity index (χ0v) is 11.2. The number of hydrogen-bond donors (Lipinski definition) is 0. The molecule has 0 atom stereocenters. The molecule has 0 radical (unpaired) electrons. The van der Waals surface area contributed by atoms with Crippen molar-refractivity contribution in [3.8, 4) is 0 Å². The summed E-state index contributed by atoms with van der Waals surface area (Å²) in [5.41, 5.74) is 0. The molecule has 4 heteroatoms. The summed E-state index contributed by atoms with van der Waals surface area (Å²) < 4.78 is 1.06. The van der Waals surface area contributed by atoms with E-state index in [0.717, 1.165) is 23.2 Å². The van der Waals surface area contributed by atoms with E-state index in [2.05, 4.69) is 25.7 Å². The smallest absolute Gasteiger partial charge is 0.136 e. The van der Waals surface area contributed by atoms with Crippen molar-refractivity contribution in [1.29, 1.82) is 0 Å². The van der Waals surface area contributed by atoms with Crippen LogP contribution in [0, 0.1) is 0 Å². The fourth-order valence-electron chi connectivity index (χ4n) is 0.905. The minimum atomic E-state index is 1.03. The molecule has 0 aliphatic carbocycles. The summed E-state index contributed by atoms with van der Waals surface area (Å²) in [7, 11) is 0. The maximum atomic E-state index is 5.30. The van der Waals surface area contributed by atoms with E-state index in [1.54, 1.807) is 0 Å². The molecule has 0 aliphatic rings. The first-order valence-electron chi connectivity index (χ1n) is 4.75. The Balaban J connectivity index is 3.48. The highest BCUT2D eigenvalue weighted by Crippen LogP contribution is 2.11. The molecule has 78 valence electrons. The maximum absolute atomic E-state index is 5.30. The van der Waals surface area contributed by atoms with Crippen LogP contribution in [0.4, 0.5) is 0 Å². The average molecular weight is 237 g/mol. The van der Waals surface area contributed by atoms with Gasteiger partial charge in [-0.05, 0) is 19.6 Å². The maximum Gasteiger partial charge on any atom is 0.136 e. The molecule has 0 heterocycles. The van der Waals surface area contributed by atoms with Crippen molar-refractivity contribution >= 4 is 40.1 Å². The molecule has 0 rings (SSSR count). The van der Waals surface area contributed by atoms with E-state index in [1.807, 2.05) is 23.5 Å². The second kappa shape index (κ2) is 9.16. The molecule has 0 bridgehead atoms. The number of nitrogens with zero attached hydrogens (tertiary/aromatic N) is 1.